The Bertz CT molecular complexity index is 824. The summed E-state index contributed by atoms with van der Waals surface area (Å²) in [5, 5.41) is 8.42. The van der Waals surface area contributed by atoms with Gasteiger partial charge in [0.15, 0.2) is 0 Å². The predicted molar refractivity (Wildman–Crippen MR) is 84.9 cm³/mol. The van der Waals surface area contributed by atoms with Crippen molar-refractivity contribution in [3.05, 3.63) is 59.8 Å². The van der Waals surface area contributed by atoms with Gasteiger partial charge in [0.1, 0.15) is 5.75 Å². The highest BCUT2D eigenvalue weighted by Gasteiger charge is 2.13. The van der Waals surface area contributed by atoms with Crippen molar-refractivity contribution in [2.45, 2.75) is 6.54 Å². The molecule has 1 amide bonds. The minimum absolute atomic E-state index is 0.174. The number of aromatic nitrogens is 2. The number of methoxy groups -OCH3 is 1. The Morgan fingerprint density at radius 1 is 1.18 bits per heavy atom. The van der Waals surface area contributed by atoms with Crippen molar-refractivity contribution in [3.63, 3.8) is 0 Å². The summed E-state index contributed by atoms with van der Waals surface area (Å²) in [6, 6.07) is 15.1. The van der Waals surface area contributed by atoms with E-state index >= 15 is 0 Å². The molecule has 3 aromatic rings. The van der Waals surface area contributed by atoms with Crippen LogP contribution in [-0.4, -0.2) is 22.8 Å². The van der Waals surface area contributed by atoms with Crippen LogP contribution in [0.3, 0.4) is 0 Å². The van der Waals surface area contributed by atoms with Gasteiger partial charge in [-0.2, -0.15) is 5.10 Å². The molecule has 0 bridgehead atoms. The third-order valence-electron chi connectivity index (χ3n) is 3.60. The van der Waals surface area contributed by atoms with Crippen LogP contribution in [0.5, 0.6) is 5.75 Å². The number of amides is 1. The third kappa shape index (κ3) is 2.53. The number of aryl methyl sites for hydroxylation is 1. The number of fused-ring (bicyclic) bond motifs is 1. The molecule has 0 aliphatic carbocycles. The van der Waals surface area contributed by atoms with Crippen molar-refractivity contribution in [2.24, 2.45) is 7.05 Å². The number of hydrogen-bond donors (Lipinski definition) is 1. The Labute approximate surface area is 128 Å². The van der Waals surface area contributed by atoms with E-state index in [-0.39, 0.29) is 5.91 Å². The highest BCUT2D eigenvalue weighted by molar-refractivity contribution is 5.97. The van der Waals surface area contributed by atoms with Gasteiger partial charge in [-0.25, -0.2) is 0 Å². The summed E-state index contributed by atoms with van der Waals surface area (Å²) in [5.74, 6) is 0.387. The van der Waals surface area contributed by atoms with E-state index < -0.39 is 0 Å². The summed E-state index contributed by atoms with van der Waals surface area (Å²) in [6.07, 6.45) is 0. The zero-order valence-corrected chi connectivity index (χ0v) is 12.5. The van der Waals surface area contributed by atoms with Gasteiger partial charge in [0.05, 0.1) is 30.4 Å². The summed E-state index contributed by atoms with van der Waals surface area (Å²) in [7, 11) is 3.45. The van der Waals surface area contributed by atoms with Gasteiger partial charge in [-0.3, -0.25) is 9.48 Å². The van der Waals surface area contributed by atoms with Gasteiger partial charge in [-0.1, -0.05) is 30.3 Å². The number of benzene rings is 2. The highest BCUT2D eigenvalue weighted by atomic mass is 16.5. The molecular weight excluding hydrogens is 278 g/mol. The molecule has 2 aromatic carbocycles. The fraction of sp³-hybridized carbons (Fsp3) is 0.176. The van der Waals surface area contributed by atoms with Crippen molar-refractivity contribution in [1.82, 2.24) is 15.1 Å². The molecule has 1 aromatic heterocycles. The van der Waals surface area contributed by atoms with Gasteiger partial charge in [0.25, 0.3) is 5.91 Å². The zero-order chi connectivity index (χ0) is 15.5. The van der Waals surface area contributed by atoms with Crippen LogP contribution < -0.4 is 10.1 Å². The molecule has 0 aliphatic heterocycles. The quantitative estimate of drug-likeness (QED) is 0.804. The van der Waals surface area contributed by atoms with E-state index in [0.717, 1.165) is 16.6 Å². The second-order valence-electron chi connectivity index (χ2n) is 4.97. The van der Waals surface area contributed by atoms with Gasteiger partial charge in [0, 0.05) is 12.4 Å². The average molecular weight is 295 g/mol. The van der Waals surface area contributed by atoms with Crippen molar-refractivity contribution in [2.75, 3.05) is 7.11 Å². The number of nitrogens with zero attached hydrogens (tertiary/aromatic N) is 2. The Hall–Kier alpha value is -2.82. The molecule has 0 aliphatic rings. The van der Waals surface area contributed by atoms with E-state index in [2.05, 4.69) is 10.4 Å². The molecule has 3 rings (SSSR count). The standard InChI is InChI=1S/C17H17N3O2/c1-20-15-9-5-3-7-12(15)14(19-20)11-18-17(21)13-8-4-6-10-16(13)22-2/h3-10H,11H2,1-2H3,(H,18,21). The van der Waals surface area contributed by atoms with E-state index in [9.17, 15) is 4.79 Å². The average Bonchev–Trinajstić information content (AvgIpc) is 2.89. The van der Waals surface area contributed by atoms with Crippen LogP contribution >= 0.6 is 0 Å². The summed E-state index contributed by atoms with van der Waals surface area (Å²) in [5.41, 5.74) is 2.41. The van der Waals surface area contributed by atoms with E-state index in [0.29, 0.717) is 17.9 Å². The van der Waals surface area contributed by atoms with E-state index in [1.165, 1.54) is 0 Å². The smallest absolute Gasteiger partial charge is 0.255 e. The summed E-state index contributed by atoms with van der Waals surface area (Å²) >= 11 is 0. The van der Waals surface area contributed by atoms with Crippen molar-refractivity contribution >= 4 is 16.8 Å². The summed E-state index contributed by atoms with van der Waals surface area (Å²) in [6.45, 7) is 0.373. The molecule has 0 spiro atoms. The van der Waals surface area contributed by atoms with E-state index in [4.69, 9.17) is 4.74 Å². The molecule has 1 heterocycles. The lowest BCUT2D eigenvalue weighted by Crippen LogP contribution is -2.23. The second-order valence-corrected chi connectivity index (χ2v) is 4.97. The molecule has 0 radical (unpaired) electrons. The lowest BCUT2D eigenvalue weighted by atomic mass is 10.1. The first-order valence-corrected chi connectivity index (χ1v) is 7.02. The van der Waals surface area contributed by atoms with Gasteiger partial charge >= 0.3 is 0 Å². The normalized spacial score (nSPS) is 10.6. The van der Waals surface area contributed by atoms with Gasteiger partial charge in [-0.15, -0.1) is 0 Å². The highest BCUT2D eigenvalue weighted by Crippen LogP contribution is 2.19. The Balaban J connectivity index is 1.81. The monoisotopic (exact) mass is 295 g/mol. The zero-order valence-electron chi connectivity index (χ0n) is 12.5. The summed E-state index contributed by atoms with van der Waals surface area (Å²) < 4.78 is 7.03. The fourth-order valence-electron chi connectivity index (χ4n) is 2.51. The number of para-hydroxylation sites is 2. The van der Waals surface area contributed by atoms with Crippen LogP contribution in [0.15, 0.2) is 48.5 Å². The molecule has 22 heavy (non-hydrogen) atoms. The molecule has 112 valence electrons. The van der Waals surface area contributed by atoms with E-state index in [1.54, 1.807) is 19.2 Å². The van der Waals surface area contributed by atoms with Crippen LogP contribution in [0.4, 0.5) is 0 Å². The van der Waals surface area contributed by atoms with Gasteiger partial charge in [-0.05, 0) is 18.2 Å². The minimum atomic E-state index is -0.174. The van der Waals surface area contributed by atoms with Crippen LogP contribution in [0.1, 0.15) is 16.1 Å². The van der Waals surface area contributed by atoms with Crippen molar-refractivity contribution < 1.29 is 9.53 Å². The fourth-order valence-corrected chi connectivity index (χ4v) is 2.51. The number of hydrogen-bond acceptors (Lipinski definition) is 3. The molecule has 5 heteroatoms. The first kappa shape index (κ1) is 14.1. The van der Waals surface area contributed by atoms with Crippen molar-refractivity contribution in [3.8, 4) is 5.75 Å². The minimum Gasteiger partial charge on any atom is -0.496 e. The first-order valence-electron chi connectivity index (χ1n) is 7.02. The second kappa shape index (κ2) is 5.89. The number of ether oxygens (including phenoxy) is 1. The number of nitrogens with one attached hydrogen (secondary N) is 1. The number of carbonyl (C=O) groups is 1. The maximum absolute atomic E-state index is 12.3. The molecule has 0 fully saturated rings. The van der Waals surface area contributed by atoms with Gasteiger partial charge < -0.3 is 10.1 Å². The molecule has 0 saturated carbocycles. The maximum Gasteiger partial charge on any atom is 0.255 e. The van der Waals surface area contributed by atoms with Gasteiger partial charge in [0.2, 0.25) is 0 Å². The van der Waals surface area contributed by atoms with Crippen molar-refractivity contribution in [1.29, 1.82) is 0 Å². The Morgan fingerprint density at radius 3 is 2.73 bits per heavy atom. The number of carbonyl (C=O) groups excluding carboxylic acids is 1. The molecule has 0 saturated heterocycles. The predicted octanol–water partition coefficient (Wildman–Crippen LogP) is 2.51. The number of rotatable bonds is 4. The lowest BCUT2D eigenvalue weighted by Gasteiger charge is -2.08. The Morgan fingerprint density at radius 2 is 1.91 bits per heavy atom. The lowest BCUT2D eigenvalue weighted by molar-refractivity contribution is 0.0947. The largest absolute Gasteiger partial charge is 0.496 e. The first-order chi connectivity index (χ1) is 10.7. The summed E-state index contributed by atoms with van der Waals surface area (Å²) in [4.78, 5) is 12.3. The third-order valence-corrected chi connectivity index (χ3v) is 3.60. The maximum atomic E-state index is 12.3. The van der Waals surface area contributed by atoms with E-state index in [1.807, 2.05) is 48.1 Å². The molecular formula is C17H17N3O2. The molecule has 5 nitrogen and oxygen atoms in total. The van der Waals surface area contributed by atoms with Crippen LogP contribution in [-0.2, 0) is 13.6 Å². The molecule has 0 atom stereocenters. The van der Waals surface area contributed by atoms with Crippen LogP contribution in [0, 0.1) is 0 Å². The Kier molecular flexibility index (Phi) is 3.78. The molecule has 1 N–H and O–H groups in total. The van der Waals surface area contributed by atoms with Crippen LogP contribution in [0.2, 0.25) is 0 Å². The van der Waals surface area contributed by atoms with Crippen LogP contribution in [0.25, 0.3) is 10.9 Å². The molecule has 0 unspecified atom stereocenters. The SMILES string of the molecule is COc1ccccc1C(=O)NCc1nn(C)c2ccccc12. The topological polar surface area (TPSA) is 56.1 Å².